The molecule has 0 amide bonds. The van der Waals surface area contributed by atoms with Crippen molar-refractivity contribution in [3.05, 3.63) is 53.3 Å². The lowest BCUT2D eigenvalue weighted by molar-refractivity contribution is 0.108. The Morgan fingerprint density at radius 2 is 2.03 bits per heavy atom. The molecule has 1 aromatic carbocycles. The van der Waals surface area contributed by atoms with Crippen LogP contribution in [0.4, 0.5) is 5.82 Å². The highest BCUT2D eigenvalue weighted by Gasteiger charge is 2.20. The molecule has 0 saturated carbocycles. The molecule has 1 aliphatic heterocycles. The number of pyridine rings is 1. The number of nitrogens with zero attached hydrogens (tertiary/aromatic N) is 3. The van der Waals surface area contributed by atoms with Gasteiger partial charge in [0.05, 0.1) is 18.3 Å². The summed E-state index contributed by atoms with van der Waals surface area (Å²) in [5.41, 5.74) is 3.44. The molecule has 2 aromatic heterocycles. The summed E-state index contributed by atoms with van der Waals surface area (Å²) in [6.45, 7) is 3.97. The third-order valence-electron chi connectivity index (χ3n) is 5.38. The Balaban J connectivity index is 1.71. The van der Waals surface area contributed by atoms with Crippen LogP contribution in [0.15, 0.2) is 42.7 Å². The molecule has 2 atom stereocenters. The lowest BCUT2D eigenvalue weighted by Crippen LogP contribution is -2.29. The molecular weight excluding hydrogens is 442 g/mol. The van der Waals surface area contributed by atoms with Crippen LogP contribution in [0.3, 0.4) is 0 Å². The molecule has 0 aliphatic carbocycles. The molecule has 1 unspecified atom stereocenters. The summed E-state index contributed by atoms with van der Waals surface area (Å²) in [4.78, 5) is 13.8. The Morgan fingerprint density at radius 3 is 2.76 bits per heavy atom. The van der Waals surface area contributed by atoms with Gasteiger partial charge in [-0.15, -0.1) is 0 Å². The van der Waals surface area contributed by atoms with Crippen LogP contribution in [-0.2, 0) is 4.74 Å². The summed E-state index contributed by atoms with van der Waals surface area (Å²) in [7, 11) is 1.78. The number of likely N-dealkylation sites (N-methyl/N-ethyl adjacent to an activating group) is 1. The van der Waals surface area contributed by atoms with E-state index in [1.165, 1.54) is 0 Å². The Hall–Kier alpha value is -2.78. The van der Waals surface area contributed by atoms with Gasteiger partial charge in [0.1, 0.15) is 24.3 Å². The molecular formula is C24H28ClN5O3. The van der Waals surface area contributed by atoms with Crippen LogP contribution in [0.1, 0.15) is 12.0 Å². The molecule has 174 valence electrons. The number of nitrogens with one attached hydrogen (secondary N) is 2. The third-order valence-corrected chi connectivity index (χ3v) is 5.60. The summed E-state index contributed by atoms with van der Waals surface area (Å²) < 4.78 is 11.3. The number of benzene rings is 1. The number of aliphatic hydroxyl groups is 1. The molecule has 0 radical (unpaired) electrons. The number of ether oxygens (including phenoxy) is 2. The van der Waals surface area contributed by atoms with Gasteiger partial charge in [-0.25, -0.2) is 9.97 Å². The quantitative estimate of drug-likeness (QED) is 0.438. The maximum absolute atomic E-state index is 9.96. The van der Waals surface area contributed by atoms with Crippen molar-refractivity contribution in [1.29, 1.82) is 0 Å². The van der Waals surface area contributed by atoms with E-state index in [4.69, 9.17) is 31.0 Å². The van der Waals surface area contributed by atoms with Crippen LogP contribution in [0, 0.1) is 6.92 Å². The molecule has 4 rings (SSSR count). The summed E-state index contributed by atoms with van der Waals surface area (Å²) in [5, 5.41) is 16.9. The highest BCUT2D eigenvalue weighted by molar-refractivity contribution is 6.31. The molecule has 9 heteroatoms. The number of halogens is 1. The monoisotopic (exact) mass is 469 g/mol. The average Bonchev–Trinajstić information content (AvgIpc) is 3.33. The zero-order valence-electron chi connectivity index (χ0n) is 18.7. The van der Waals surface area contributed by atoms with E-state index < -0.39 is 6.10 Å². The highest BCUT2D eigenvalue weighted by atomic mass is 35.5. The predicted octanol–water partition coefficient (Wildman–Crippen LogP) is 3.33. The van der Waals surface area contributed by atoms with Crippen molar-refractivity contribution in [3.8, 4) is 28.4 Å². The van der Waals surface area contributed by atoms with Crippen molar-refractivity contribution < 1.29 is 14.6 Å². The standard InChI is InChI=1S/C24H28ClN5O3/c1-15-22(16-3-6-27-7-4-16)29-24(30-23(15)28-19-5-8-32-13-19)17-9-18(25)11-21(10-17)33-14-20(31)12-26-2/h3-4,6-7,9-11,19-20,26,31H,5,8,12-14H2,1-2H3,(H,28,29,30)/t19-,20?/m1/s1. The van der Waals surface area contributed by atoms with Crippen LogP contribution in [-0.4, -0.2) is 65.6 Å². The molecule has 0 spiro atoms. The van der Waals surface area contributed by atoms with E-state index in [2.05, 4.69) is 15.6 Å². The van der Waals surface area contributed by atoms with Crippen LogP contribution >= 0.6 is 11.6 Å². The number of rotatable bonds is 9. The van der Waals surface area contributed by atoms with Crippen LogP contribution in [0.2, 0.25) is 5.02 Å². The van der Waals surface area contributed by atoms with E-state index in [0.717, 1.165) is 41.2 Å². The van der Waals surface area contributed by atoms with Crippen molar-refractivity contribution in [1.82, 2.24) is 20.3 Å². The number of hydrogen-bond acceptors (Lipinski definition) is 8. The molecule has 1 fully saturated rings. The van der Waals surface area contributed by atoms with E-state index in [-0.39, 0.29) is 12.6 Å². The number of aliphatic hydroxyl groups excluding tert-OH is 1. The fraction of sp³-hybridized carbons (Fsp3) is 0.375. The zero-order valence-corrected chi connectivity index (χ0v) is 19.5. The molecule has 3 aromatic rings. The maximum Gasteiger partial charge on any atom is 0.162 e. The van der Waals surface area contributed by atoms with E-state index in [0.29, 0.717) is 29.7 Å². The van der Waals surface area contributed by atoms with Crippen molar-refractivity contribution in [2.75, 3.05) is 38.7 Å². The molecule has 0 bridgehead atoms. The summed E-state index contributed by atoms with van der Waals surface area (Å²) in [6, 6.07) is 9.41. The van der Waals surface area contributed by atoms with Gasteiger partial charge in [-0.1, -0.05) is 11.6 Å². The fourth-order valence-electron chi connectivity index (χ4n) is 3.68. The summed E-state index contributed by atoms with van der Waals surface area (Å²) in [5.74, 6) is 1.83. The van der Waals surface area contributed by atoms with Gasteiger partial charge in [0.25, 0.3) is 0 Å². The Labute approximate surface area is 198 Å². The van der Waals surface area contributed by atoms with Crippen LogP contribution in [0.5, 0.6) is 5.75 Å². The van der Waals surface area contributed by atoms with Crippen LogP contribution < -0.4 is 15.4 Å². The second kappa shape index (κ2) is 10.9. The summed E-state index contributed by atoms with van der Waals surface area (Å²) in [6.07, 6.45) is 3.79. The maximum atomic E-state index is 9.96. The van der Waals surface area contributed by atoms with E-state index in [9.17, 15) is 5.11 Å². The van der Waals surface area contributed by atoms with Gasteiger partial charge in [-0.3, -0.25) is 4.98 Å². The minimum absolute atomic E-state index is 0.145. The van der Waals surface area contributed by atoms with Gasteiger partial charge in [-0.05, 0) is 50.7 Å². The number of hydrogen-bond donors (Lipinski definition) is 3. The lowest BCUT2D eigenvalue weighted by atomic mass is 10.1. The zero-order chi connectivity index (χ0) is 23.2. The minimum atomic E-state index is -0.629. The molecule has 1 aliphatic rings. The SMILES string of the molecule is CNCC(O)COc1cc(Cl)cc(-c2nc(N[C@@H]3CCOC3)c(C)c(-c3ccncc3)n2)c1. The first-order valence-electron chi connectivity index (χ1n) is 10.9. The normalized spacial score (nSPS) is 16.5. The first-order chi connectivity index (χ1) is 16.0. The molecule has 8 nitrogen and oxygen atoms in total. The van der Waals surface area contributed by atoms with Crippen molar-refractivity contribution >= 4 is 17.4 Å². The topological polar surface area (TPSA) is 101 Å². The fourth-order valence-corrected chi connectivity index (χ4v) is 3.91. The summed E-state index contributed by atoms with van der Waals surface area (Å²) >= 11 is 6.39. The lowest BCUT2D eigenvalue weighted by Gasteiger charge is -2.18. The second-order valence-corrected chi connectivity index (χ2v) is 8.44. The third kappa shape index (κ3) is 5.97. The Kier molecular flexibility index (Phi) is 7.72. The minimum Gasteiger partial charge on any atom is -0.491 e. The average molecular weight is 470 g/mol. The van der Waals surface area contributed by atoms with E-state index in [1.807, 2.05) is 31.2 Å². The molecule has 33 heavy (non-hydrogen) atoms. The Bertz CT molecular complexity index is 1080. The van der Waals surface area contributed by atoms with Crippen LogP contribution in [0.25, 0.3) is 22.6 Å². The van der Waals surface area contributed by atoms with Gasteiger partial charge in [0.2, 0.25) is 0 Å². The van der Waals surface area contributed by atoms with Crippen molar-refractivity contribution in [3.63, 3.8) is 0 Å². The van der Waals surface area contributed by atoms with Gasteiger partial charge < -0.3 is 25.2 Å². The molecule has 1 saturated heterocycles. The van der Waals surface area contributed by atoms with Gasteiger partial charge >= 0.3 is 0 Å². The smallest absolute Gasteiger partial charge is 0.162 e. The first-order valence-corrected chi connectivity index (χ1v) is 11.3. The van der Waals surface area contributed by atoms with Gasteiger partial charge in [0, 0.05) is 47.3 Å². The first kappa shape index (κ1) is 23.4. The van der Waals surface area contributed by atoms with Gasteiger partial charge in [-0.2, -0.15) is 0 Å². The van der Waals surface area contributed by atoms with Gasteiger partial charge in [0.15, 0.2) is 5.82 Å². The second-order valence-electron chi connectivity index (χ2n) is 8.01. The number of aromatic nitrogens is 3. The Morgan fingerprint density at radius 1 is 1.21 bits per heavy atom. The van der Waals surface area contributed by atoms with E-state index in [1.54, 1.807) is 25.5 Å². The molecule has 3 N–H and O–H groups in total. The predicted molar refractivity (Wildman–Crippen MR) is 129 cm³/mol. The highest BCUT2D eigenvalue weighted by Crippen LogP contribution is 2.32. The van der Waals surface area contributed by atoms with E-state index >= 15 is 0 Å². The van der Waals surface area contributed by atoms with Crippen molar-refractivity contribution in [2.45, 2.75) is 25.5 Å². The van der Waals surface area contributed by atoms with Crippen molar-refractivity contribution in [2.24, 2.45) is 0 Å². The largest absolute Gasteiger partial charge is 0.491 e. The number of anilines is 1. The molecule has 3 heterocycles.